The predicted octanol–water partition coefficient (Wildman–Crippen LogP) is 3.48. The summed E-state index contributed by atoms with van der Waals surface area (Å²) in [6, 6.07) is 0.807. The van der Waals surface area contributed by atoms with Gasteiger partial charge in [0, 0.05) is 6.04 Å². The van der Waals surface area contributed by atoms with Gasteiger partial charge in [-0.1, -0.05) is 33.1 Å². The second-order valence-electron chi connectivity index (χ2n) is 3.52. The summed E-state index contributed by atoms with van der Waals surface area (Å²) in [4.78, 5) is 2.34. The first-order chi connectivity index (χ1) is 5.22. The van der Waals surface area contributed by atoms with Gasteiger partial charge >= 0.3 is 0 Å². The average molecular weight is 238 g/mol. The van der Waals surface area contributed by atoms with Crippen LogP contribution >= 0.6 is 17.0 Å². The first-order valence-electron chi connectivity index (χ1n) is 4.88. The molecule has 0 aromatic heterocycles. The van der Waals surface area contributed by atoms with Gasteiger partial charge in [0.2, 0.25) is 0 Å². The van der Waals surface area contributed by atoms with Gasteiger partial charge in [-0.2, -0.15) is 0 Å². The molecule has 1 unspecified atom stereocenters. The highest BCUT2D eigenvalue weighted by Crippen LogP contribution is 2.09. The topological polar surface area (TPSA) is 3.24 Å². The summed E-state index contributed by atoms with van der Waals surface area (Å²) in [6.45, 7) is 4.53. The lowest BCUT2D eigenvalue weighted by atomic mass is 10.1. The Balaban J connectivity index is 0. The molecule has 0 bridgehead atoms. The van der Waals surface area contributed by atoms with Crippen molar-refractivity contribution in [3.8, 4) is 0 Å². The molecule has 0 aliphatic rings. The number of hydrogen-bond acceptors (Lipinski definition) is 1. The third-order valence-electron chi connectivity index (χ3n) is 2.34. The fourth-order valence-corrected chi connectivity index (χ4v) is 1.46. The third kappa shape index (κ3) is 7.11. The highest BCUT2D eigenvalue weighted by Gasteiger charge is 2.06. The van der Waals surface area contributed by atoms with Crippen molar-refractivity contribution in [1.29, 1.82) is 0 Å². The summed E-state index contributed by atoms with van der Waals surface area (Å²) in [5.41, 5.74) is 0. The molecular weight excluding hydrogens is 214 g/mol. The van der Waals surface area contributed by atoms with Gasteiger partial charge in [-0.15, -0.1) is 17.0 Å². The highest BCUT2D eigenvalue weighted by atomic mass is 79.9. The fourth-order valence-electron chi connectivity index (χ4n) is 1.46. The first-order valence-corrected chi connectivity index (χ1v) is 4.88. The van der Waals surface area contributed by atoms with Crippen LogP contribution in [0.3, 0.4) is 0 Å². The molecule has 1 atom stereocenters. The Hall–Kier alpha value is 0.440. The van der Waals surface area contributed by atoms with E-state index in [1.807, 2.05) is 0 Å². The van der Waals surface area contributed by atoms with Gasteiger partial charge in [-0.25, -0.2) is 0 Å². The van der Waals surface area contributed by atoms with Gasteiger partial charge < -0.3 is 4.90 Å². The lowest BCUT2D eigenvalue weighted by Crippen LogP contribution is -2.26. The van der Waals surface area contributed by atoms with Crippen LogP contribution in [0.5, 0.6) is 0 Å². The molecular formula is C10H24BrN. The van der Waals surface area contributed by atoms with E-state index < -0.39 is 0 Å². The number of hydrogen-bond donors (Lipinski definition) is 0. The lowest BCUT2D eigenvalue weighted by Gasteiger charge is -2.22. The molecule has 76 valence electrons. The van der Waals surface area contributed by atoms with Crippen LogP contribution in [0.4, 0.5) is 0 Å². The Kier molecular flexibility index (Phi) is 11.9. The Morgan fingerprint density at radius 3 is 2.00 bits per heavy atom. The molecule has 0 amide bonds. The SMILES string of the molecule is Br.CCCCCC(CC)N(C)C. The molecule has 0 fully saturated rings. The average Bonchev–Trinajstić information content (AvgIpc) is 1.97. The van der Waals surface area contributed by atoms with Crippen molar-refractivity contribution < 1.29 is 0 Å². The summed E-state index contributed by atoms with van der Waals surface area (Å²) in [6.07, 6.45) is 6.79. The van der Waals surface area contributed by atoms with E-state index in [2.05, 4.69) is 32.8 Å². The van der Waals surface area contributed by atoms with Gasteiger partial charge in [-0.3, -0.25) is 0 Å². The Bertz CT molecular complexity index is 83.9. The summed E-state index contributed by atoms with van der Waals surface area (Å²) in [5.74, 6) is 0. The third-order valence-corrected chi connectivity index (χ3v) is 2.34. The van der Waals surface area contributed by atoms with Crippen molar-refractivity contribution >= 4 is 17.0 Å². The van der Waals surface area contributed by atoms with Crippen LogP contribution in [-0.4, -0.2) is 25.0 Å². The van der Waals surface area contributed by atoms with E-state index in [1.165, 1.54) is 32.1 Å². The van der Waals surface area contributed by atoms with E-state index in [9.17, 15) is 0 Å². The molecule has 0 aliphatic heterocycles. The van der Waals surface area contributed by atoms with Gasteiger partial charge in [0.05, 0.1) is 0 Å². The molecule has 1 nitrogen and oxygen atoms in total. The van der Waals surface area contributed by atoms with Crippen LogP contribution in [0.2, 0.25) is 0 Å². The monoisotopic (exact) mass is 237 g/mol. The standard InChI is InChI=1S/C10H23N.BrH/c1-5-7-8-9-10(6-2)11(3)4;/h10H,5-9H2,1-4H3;1H. The molecule has 0 aromatic carbocycles. The predicted molar refractivity (Wildman–Crippen MR) is 62.2 cm³/mol. The zero-order valence-corrected chi connectivity index (χ0v) is 10.7. The van der Waals surface area contributed by atoms with Crippen molar-refractivity contribution in [3.05, 3.63) is 0 Å². The van der Waals surface area contributed by atoms with Crippen molar-refractivity contribution in [2.75, 3.05) is 14.1 Å². The molecule has 0 rings (SSSR count). The molecule has 0 aromatic rings. The van der Waals surface area contributed by atoms with Crippen LogP contribution in [0.25, 0.3) is 0 Å². The molecule has 0 saturated heterocycles. The highest BCUT2D eigenvalue weighted by molar-refractivity contribution is 8.93. The first kappa shape index (κ1) is 14.9. The molecule has 0 aliphatic carbocycles. The number of unbranched alkanes of at least 4 members (excludes halogenated alkanes) is 2. The molecule has 0 spiro atoms. The van der Waals surface area contributed by atoms with E-state index >= 15 is 0 Å². The van der Waals surface area contributed by atoms with Crippen molar-refractivity contribution in [3.63, 3.8) is 0 Å². The van der Waals surface area contributed by atoms with Gasteiger partial charge in [0.1, 0.15) is 0 Å². The zero-order chi connectivity index (χ0) is 8.69. The van der Waals surface area contributed by atoms with Crippen molar-refractivity contribution in [1.82, 2.24) is 4.90 Å². The summed E-state index contributed by atoms with van der Waals surface area (Å²) in [7, 11) is 4.36. The fraction of sp³-hybridized carbons (Fsp3) is 1.00. The van der Waals surface area contributed by atoms with E-state index in [0.29, 0.717) is 0 Å². The van der Waals surface area contributed by atoms with Gasteiger partial charge in [0.25, 0.3) is 0 Å². The normalized spacial score (nSPS) is 12.8. The van der Waals surface area contributed by atoms with E-state index in [1.54, 1.807) is 0 Å². The molecule has 0 saturated carbocycles. The van der Waals surface area contributed by atoms with E-state index in [4.69, 9.17) is 0 Å². The second-order valence-corrected chi connectivity index (χ2v) is 3.52. The molecule has 0 radical (unpaired) electrons. The van der Waals surface area contributed by atoms with E-state index in [-0.39, 0.29) is 17.0 Å². The number of rotatable bonds is 6. The Labute approximate surface area is 88.3 Å². The number of halogens is 1. The minimum atomic E-state index is 0. The summed E-state index contributed by atoms with van der Waals surface area (Å²) >= 11 is 0. The van der Waals surface area contributed by atoms with Crippen LogP contribution in [0.15, 0.2) is 0 Å². The van der Waals surface area contributed by atoms with Crippen LogP contribution in [0, 0.1) is 0 Å². The maximum Gasteiger partial charge on any atom is 0.00865 e. The maximum atomic E-state index is 2.34. The maximum absolute atomic E-state index is 2.34. The lowest BCUT2D eigenvalue weighted by molar-refractivity contribution is 0.265. The molecule has 0 heterocycles. The van der Waals surface area contributed by atoms with Crippen molar-refractivity contribution in [2.45, 2.75) is 52.0 Å². The minimum absolute atomic E-state index is 0. The Morgan fingerprint density at radius 1 is 1.08 bits per heavy atom. The van der Waals surface area contributed by atoms with Gasteiger partial charge in [0.15, 0.2) is 0 Å². The van der Waals surface area contributed by atoms with E-state index in [0.717, 1.165) is 6.04 Å². The zero-order valence-electron chi connectivity index (χ0n) is 8.97. The minimum Gasteiger partial charge on any atom is -0.306 e. The smallest absolute Gasteiger partial charge is 0.00865 e. The molecule has 0 N–H and O–H groups in total. The summed E-state index contributed by atoms with van der Waals surface area (Å²) < 4.78 is 0. The quantitative estimate of drug-likeness (QED) is 0.640. The van der Waals surface area contributed by atoms with Crippen molar-refractivity contribution in [2.24, 2.45) is 0 Å². The largest absolute Gasteiger partial charge is 0.306 e. The van der Waals surface area contributed by atoms with Gasteiger partial charge in [-0.05, 0) is 26.9 Å². The second kappa shape index (κ2) is 9.53. The molecule has 2 heteroatoms. The van der Waals surface area contributed by atoms with Crippen LogP contribution < -0.4 is 0 Å². The van der Waals surface area contributed by atoms with Crippen LogP contribution in [-0.2, 0) is 0 Å². The Morgan fingerprint density at radius 2 is 1.67 bits per heavy atom. The number of nitrogens with zero attached hydrogens (tertiary/aromatic N) is 1. The summed E-state index contributed by atoms with van der Waals surface area (Å²) in [5, 5.41) is 0. The molecule has 12 heavy (non-hydrogen) atoms. The van der Waals surface area contributed by atoms with Crippen LogP contribution in [0.1, 0.15) is 46.0 Å².